The summed E-state index contributed by atoms with van der Waals surface area (Å²) in [5, 5.41) is 9.81. The average Bonchev–Trinajstić information content (AvgIpc) is 2.18. The zero-order chi connectivity index (χ0) is 10.0. The summed E-state index contributed by atoms with van der Waals surface area (Å²) in [6.07, 6.45) is 5.57. The van der Waals surface area contributed by atoms with E-state index in [0.29, 0.717) is 6.42 Å². The second-order valence-corrected chi connectivity index (χ2v) is 3.64. The summed E-state index contributed by atoms with van der Waals surface area (Å²) in [7, 11) is 0. The molecule has 1 aliphatic rings. The number of aliphatic imine (C=N–C) groups is 1. The van der Waals surface area contributed by atoms with Crippen molar-refractivity contribution in [3.63, 3.8) is 0 Å². The van der Waals surface area contributed by atoms with Crippen LogP contribution in [0.1, 0.15) is 19.0 Å². The molecule has 0 aliphatic carbocycles. The molecule has 1 aromatic heterocycles. The molecule has 2 rings (SSSR count). The molecule has 1 N–H and O–H groups in total. The van der Waals surface area contributed by atoms with E-state index in [1.165, 1.54) is 0 Å². The van der Waals surface area contributed by atoms with E-state index in [2.05, 4.69) is 9.98 Å². The van der Waals surface area contributed by atoms with Gasteiger partial charge in [0.15, 0.2) is 0 Å². The molecule has 0 radical (unpaired) electrons. The molecule has 0 amide bonds. The summed E-state index contributed by atoms with van der Waals surface area (Å²) in [4.78, 5) is 8.40. The monoisotopic (exact) mass is 188 g/mol. The summed E-state index contributed by atoms with van der Waals surface area (Å²) >= 11 is 0. The molecule has 1 aromatic rings. The lowest BCUT2D eigenvalue weighted by atomic mass is 9.95. The SMILES string of the molecule is CC1(O)C=CN=C(c2ccccn2)C1. The fourth-order valence-corrected chi connectivity index (χ4v) is 1.42. The first-order chi connectivity index (χ1) is 6.67. The molecular weight excluding hydrogens is 176 g/mol. The molecule has 0 aromatic carbocycles. The number of rotatable bonds is 1. The number of hydrogen-bond donors (Lipinski definition) is 1. The van der Waals surface area contributed by atoms with Gasteiger partial charge >= 0.3 is 0 Å². The third-order valence-corrected chi connectivity index (χ3v) is 2.15. The Kier molecular flexibility index (Phi) is 2.17. The zero-order valence-electron chi connectivity index (χ0n) is 8.01. The highest BCUT2D eigenvalue weighted by Crippen LogP contribution is 2.19. The fraction of sp³-hybridized carbons (Fsp3) is 0.273. The van der Waals surface area contributed by atoms with Gasteiger partial charge in [-0.3, -0.25) is 9.98 Å². The average molecular weight is 188 g/mol. The smallest absolute Gasteiger partial charge is 0.0873 e. The topological polar surface area (TPSA) is 45.5 Å². The van der Waals surface area contributed by atoms with Crippen LogP contribution in [0.4, 0.5) is 0 Å². The maximum Gasteiger partial charge on any atom is 0.0873 e. The Morgan fingerprint density at radius 1 is 1.43 bits per heavy atom. The first kappa shape index (κ1) is 9.09. The van der Waals surface area contributed by atoms with Gasteiger partial charge in [-0.2, -0.15) is 0 Å². The number of pyridine rings is 1. The highest BCUT2D eigenvalue weighted by molar-refractivity contribution is 6.00. The van der Waals surface area contributed by atoms with Crippen LogP contribution in [0.25, 0.3) is 0 Å². The molecule has 3 nitrogen and oxygen atoms in total. The van der Waals surface area contributed by atoms with Crippen molar-refractivity contribution < 1.29 is 5.11 Å². The maximum atomic E-state index is 9.81. The third-order valence-electron chi connectivity index (χ3n) is 2.15. The summed E-state index contributed by atoms with van der Waals surface area (Å²) in [6, 6.07) is 5.67. The van der Waals surface area contributed by atoms with Crippen molar-refractivity contribution >= 4 is 5.71 Å². The minimum absolute atomic E-state index is 0.514. The van der Waals surface area contributed by atoms with Gasteiger partial charge in [-0.05, 0) is 25.1 Å². The summed E-state index contributed by atoms with van der Waals surface area (Å²) in [5.41, 5.74) is 0.865. The van der Waals surface area contributed by atoms with E-state index in [9.17, 15) is 5.11 Å². The van der Waals surface area contributed by atoms with Gasteiger partial charge in [-0.25, -0.2) is 0 Å². The molecule has 2 heterocycles. The van der Waals surface area contributed by atoms with E-state index in [1.54, 1.807) is 25.4 Å². The minimum atomic E-state index is -0.797. The van der Waals surface area contributed by atoms with Crippen LogP contribution in [0.2, 0.25) is 0 Å². The van der Waals surface area contributed by atoms with Crippen LogP contribution >= 0.6 is 0 Å². The number of hydrogen-bond acceptors (Lipinski definition) is 3. The minimum Gasteiger partial charge on any atom is -0.386 e. The van der Waals surface area contributed by atoms with E-state index in [-0.39, 0.29) is 0 Å². The highest BCUT2D eigenvalue weighted by Gasteiger charge is 2.23. The molecule has 14 heavy (non-hydrogen) atoms. The Hall–Kier alpha value is -1.48. The van der Waals surface area contributed by atoms with Gasteiger partial charge < -0.3 is 5.11 Å². The van der Waals surface area contributed by atoms with E-state index < -0.39 is 5.60 Å². The lowest BCUT2D eigenvalue weighted by Crippen LogP contribution is -2.28. The molecule has 0 fully saturated rings. The number of nitrogens with zero attached hydrogens (tertiary/aromatic N) is 2. The van der Waals surface area contributed by atoms with Crippen molar-refractivity contribution in [1.82, 2.24) is 4.98 Å². The van der Waals surface area contributed by atoms with Crippen LogP contribution in [0.3, 0.4) is 0 Å². The van der Waals surface area contributed by atoms with Gasteiger partial charge in [0.05, 0.1) is 17.0 Å². The molecule has 72 valence electrons. The van der Waals surface area contributed by atoms with Crippen LogP contribution in [0.5, 0.6) is 0 Å². The van der Waals surface area contributed by atoms with Crippen molar-refractivity contribution in [2.24, 2.45) is 4.99 Å². The van der Waals surface area contributed by atoms with Crippen LogP contribution in [0, 0.1) is 0 Å². The highest BCUT2D eigenvalue weighted by atomic mass is 16.3. The molecular formula is C11H12N2O. The number of aliphatic hydroxyl groups is 1. The summed E-state index contributed by atoms with van der Waals surface area (Å²) in [6.45, 7) is 1.76. The Bertz CT molecular complexity index is 380. The van der Waals surface area contributed by atoms with Crippen LogP contribution in [0.15, 0.2) is 41.7 Å². The predicted octanol–water partition coefficient (Wildman–Crippen LogP) is 1.54. The van der Waals surface area contributed by atoms with E-state index in [4.69, 9.17) is 0 Å². The molecule has 0 bridgehead atoms. The fourth-order valence-electron chi connectivity index (χ4n) is 1.42. The van der Waals surface area contributed by atoms with Crippen LogP contribution in [-0.2, 0) is 0 Å². The predicted molar refractivity (Wildman–Crippen MR) is 55.2 cm³/mol. The molecule has 1 aliphatic heterocycles. The summed E-state index contributed by atoms with van der Waals surface area (Å²) in [5.74, 6) is 0. The van der Waals surface area contributed by atoms with Crippen molar-refractivity contribution in [1.29, 1.82) is 0 Å². The molecule has 1 atom stereocenters. The van der Waals surface area contributed by atoms with Crippen LogP contribution < -0.4 is 0 Å². The Balaban J connectivity index is 2.30. The van der Waals surface area contributed by atoms with Crippen molar-refractivity contribution in [2.45, 2.75) is 18.9 Å². The molecule has 3 heteroatoms. The molecule has 0 saturated carbocycles. The lowest BCUT2D eigenvalue weighted by molar-refractivity contribution is 0.118. The van der Waals surface area contributed by atoms with Gasteiger partial charge in [-0.15, -0.1) is 0 Å². The summed E-state index contributed by atoms with van der Waals surface area (Å²) < 4.78 is 0. The molecule has 0 spiro atoms. The molecule has 1 unspecified atom stereocenters. The Morgan fingerprint density at radius 3 is 2.93 bits per heavy atom. The standard InChI is InChI=1S/C11H12N2O/c1-11(14)5-7-13-10(8-11)9-4-2-3-6-12-9/h2-7,14H,8H2,1H3. The second kappa shape index (κ2) is 3.35. The van der Waals surface area contributed by atoms with E-state index >= 15 is 0 Å². The largest absolute Gasteiger partial charge is 0.386 e. The van der Waals surface area contributed by atoms with Gasteiger partial charge in [0, 0.05) is 18.8 Å². The van der Waals surface area contributed by atoms with Crippen molar-refractivity contribution in [3.8, 4) is 0 Å². The normalized spacial score (nSPS) is 26.0. The van der Waals surface area contributed by atoms with Gasteiger partial charge in [0.25, 0.3) is 0 Å². The van der Waals surface area contributed by atoms with E-state index in [0.717, 1.165) is 11.4 Å². The first-order valence-corrected chi connectivity index (χ1v) is 4.56. The van der Waals surface area contributed by atoms with Crippen molar-refractivity contribution in [3.05, 3.63) is 42.4 Å². The zero-order valence-corrected chi connectivity index (χ0v) is 8.01. The van der Waals surface area contributed by atoms with Gasteiger partial charge in [0.2, 0.25) is 0 Å². The van der Waals surface area contributed by atoms with Crippen molar-refractivity contribution in [2.75, 3.05) is 0 Å². The Labute approximate surface area is 82.8 Å². The maximum absolute atomic E-state index is 9.81. The first-order valence-electron chi connectivity index (χ1n) is 4.56. The van der Waals surface area contributed by atoms with Crippen LogP contribution in [-0.4, -0.2) is 21.4 Å². The third kappa shape index (κ3) is 1.88. The van der Waals surface area contributed by atoms with Gasteiger partial charge in [-0.1, -0.05) is 6.07 Å². The van der Waals surface area contributed by atoms with Gasteiger partial charge in [0.1, 0.15) is 0 Å². The van der Waals surface area contributed by atoms with E-state index in [1.807, 2.05) is 18.2 Å². The quantitative estimate of drug-likeness (QED) is 0.726. The second-order valence-electron chi connectivity index (χ2n) is 3.64. The molecule has 0 saturated heterocycles. The Morgan fingerprint density at radius 2 is 2.29 bits per heavy atom. The number of aromatic nitrogens is 1. The lowest BCUT2D eigenvalue weighted by Gasteiger charge is -2.22.